The lowest BCUT2D eigenvalue weighted by Crippen LogP contribution is -2.04. The molecule has 1 aromatic carbocycles. The predicted octanol–water partition coefficient (Wildman–Crippen LogP) is 4.14. The van der Waals surface area contributed by atoms with Crippen LogP contribution >= 0.6 is 34.5 Å². The number of aromatic nitrogens is 1. The molecule has 1 aromatic heterocycles. The van der Waals surface area contributed by atoms with Gasteiger partial charge in [-0.1, -0.05) is 23.2 Å². The molecule has 0 spiro atoms. The third kappa shape index (κ3) is 2.80. The molecule has 0 saturated carbocycles. The van der Waals surface area contributed by atoms with Crippen LogP contribution in [0.2, 0.25) is 10.0 Å². The molecule has 0 atom stereocenters. The fraction of sp³-hybridized carbons (Fsp3) is 0.250. The van der Waals surface area contributed by atoms with E-state index in [9.17, 15) is 0 Å². The van der Waals surface area contributed by atoms with Crippen LogP contribution in [0.4, 0.5) is 0 Å². The standard InChI is InChI=1S/C12H12Cl2N2S/c1-7-11(6-15-2)17-12(16-7)9-4-3-8(13)5-10(9)14/h3-5,15H,6H2,1-2H3. The van der Waals surface area contributed by atoms with Gasteiger partial charge in [-0.05, 0) is 32.2 Å². The lowest BCUT2D eigenvalue weighted by Gasteiger charge is -2.00. The molecule has 1 heterocycles. The van der Waals surface area contributed by atoms with Crippen LogP contribution in [0.5, 0.6) is 0 Å². The summed E-state index contributed by atoms with van der Waals surface area (Å²) in [5, 5.41) is 5.35. The second-order valence-corrected chi connectivity index (χ2v) is 5.61. The molecular weight excluding hydrogens is 275 g/mol. The SMILES string of the molecule is CNCc1sc(-c2ccc(Cl)cc2Cl)nc1C. The Kier molecular flexibility index (Phi) is 4.05. The minimum atomic E-state index is 0.641. The molecule has 0 bridgehead atoms. The van der Waals surface area contributed by atoms with E-state index in [4.69, 9.17) is 23.2 Å². The van der Waals surface area contributed by atoms with Crippen molar-refractivity contribution in [3.8, 4) is 10.6 Å². The van der Waals surface area contributed by atoms with Crippen LogP contribution in [-0.4, -0.2) is 12.0 Å². The third-order valence-corrected chi connectivity index (χ3v) is 4.13. The summed E-state index contributed by atoms with van der Waals surface area (Å²) in [6.07, 6.45) is 0. The first-order valence-electron chi connectivity index (χ1n) is 5.18. The maximum absolute atomic E-state index is 6.17. The Morgan fingerprint density at radius 3 is 2.76 bits per heavy atom. The molecule has 17 heavy (non-hydrogen) atoms. The molecule has 2 aromatic rings. The van der Waals surface area contributed by atoms with Gasteiger partial charge in [0.25, 0.3) is 0 Å². The Labute approximate surface area is 115 Å². The van der Waals surface area contributed by atoms with E-state index in [0.717, 1.165) is 22.8 Å². The van der Waals surface area contributed by atoms with Gasteiger partial charge < -0.3 is 5.32 Å². The Hall–Kier alpha value is -0.610. The first-order valence-corrected chi connectivity index (χ1v) is 6.75. The topological polar surface area (TPSA) is 24.9 Å². The largest absolute Gasteiger partial charge is 0.315 e. The zero-order valence-corrected chi connectivity index (χ0v) is 11.9. The zero-order valence-electron chi connectivity index (χ0n) is 9.55. The van der Waals surface area contributed by atoms with E-state index < -0.39 is 0 Å². The van der Waals surface area contributed by atoms with E-state index in [1.54, 1.807) is 17.4 Å². The van der Waals surface area contributed by atoms with Crippen molar-refractivity contribution in [3.05, 3.63) is 38.8 Å². The summed E-state index contributed by atoms with van der Waals surface area (Å²) < 4.78 is 0. The molecule has 0 amide bonds. The van der Waals surface area contributed by atoms with E-state index in [1.807, 2.05) is 26.1 Å². The molecule has 90 valence electrons. The highest BCUT2D eigenvalue weighted by Gasteiger charge is 2.11. The van der Waals surface area contributed by atoms with Crippen molar-refractivity contribution in [1.82, 2.24) is 10.3 Å². The second-order valence-electron chi connectivity index (χ2n) is 3.68. The molecule has 0 saturated heterocycles. The monoisotopic (exact) mass is 286 g/mol. The van der Waals surface area contributed by atoms with Gasteiger partial charge in [0.15, 0.2) is 0 Å². The van der Waals surface area contributed by atoms with Crippen LogP contribution in [0.25, 0.3) is 10.6 Å². The van der Waals surface area contributed by atoms with Crippen LogP contribution in [0, 0.1) is 6.92 Å². The van der Waals surface area contributed by atoms with Crippen molar-refractivity contribution >= 4 is 34.5 Å². The quantitative estimate of drug-likeness (QED) is 0.917. The van der Waals surface area contributed by atoms with Gasteiger partial charge in [0.2, 0.25) is 0 Å². The molecule has 0 radical (unpaired) electrons. The van der Waals surface area contributed by atoms with Gasteiger partial charge in [-0.3, -0.25) is 0 Å². The van der Waals surface area contributed by atoms with Crippen LogP contribution in [0.1, 0.15) is 10.6 Å². The first kappa shape index (κ1) is 12.8. The normalized spacial score (nSPS) is 10.8. The van der Waals surface area contributed by atoms with E-state index in [0.29, 0.717) is 10.0 Å². The van der Waals surface area contributed by atoms with Crippen LogP contribution in [0.3, 0.4) is 0 Å². The number of aryl methyl sites for hydroxylation is 1. The Morgan fingerprint density at radius 2 is 2.12 bits per heavy atom. The summed E-state index contributed by atoms with van der Waals surface area (Å²) in [7, 11) is 1.92. The lowest BCUT2D eigenvalue weighted by atomic mass is 10.2. The summed E-state index contributed by atoms with van der Waals surface area (Å²) in [6.45, 7) is 2.84. The molecular formula is C12H12Cl2N2S. The second kappa shape index (κ2) is 5.36. The molecule has 5 heteroatoms. The maximum atomic E-state index is 6.17. The number of hydrogen-bond acceptors (Lipinski definition) is 3. The van der Waals surface area contributed by atoms with Gasteiger partial charge in [0.1, 0.15) is 5.01 Å². The number of benzene rings is 1. The van der Waals surface area contributed by atoms with Gasteiger partial charge in [-0.2, -0.15) is 0 Å². The number of nitrogens with one attached hydrogen (secondary N) is 1. The number of halogens is 2. The van der Waals surface area contributed by atoms with Gasteiger partial charge >= 0.3 is 0 Å². The summed E-state index contributed by atoms with van der Waals surface area (Å²) in [6, 6.07) is 5.48. The van der Waals surface area contributed by atoms with Crippen molar-refractivity contribution in [2.24, 2.45) is 0 Å². The smallest absolute Gasteiger partial charge is 0.125 e. The van der Waals surface area contributed by atoms with Crippen molar-refractivity contribution in [3.63, 3.8) is 0 Å². The summed E-state index contributed by atoms with van der Waals surface area (Å²) in [5.74, 6) is 0. The minimum Gasteiger partial charge on any atom is -0.315 e. The minimum absolute atomic E-state index is 0.641. The fourth-order valence-electron chi connectivity index (χ4n) is 1.53. The van der Waals surface area contributed by atoms with Crippen LogP contribution in [-0.2, 0) is 6.54 Å². The maximum Gasteiger partial charge on any atom is 0.125 e. The van der Waals surface area contributed by atoms with E-state index in [-0.39, 0.29) is 0 Å². The lowest BCUT2D eigenvalue weighted by molar-refractivity contribution is 0.823. The van der Waals surface area contributed by atoms with Crippen molar-refractivity contribution in [2.75, 3.05) is 7.05 Å². The Balaban J connectivity index is 2.42. The summed E-state index contributed by atoms with van der Waals surface area (Å²) >= 11 is 13.7. The Morgan fingerprint density at radius 1 is 1.35 bits per heavy atom. The number of rotatable bonds is 3. The molecule has 0 unspecified atom stereocenters. The Bertz CT molecular complexity index is 537. The van der Waals surface area contributed by atoms with Gasteiger partial charge in [0.05, 0.1) is 10.7 Å². The number of nitrogens with zero attached hydrogens (tertiary/aromatic N) is 1. The first-order chi connectivity index (χ1) is 8.11. The number of thiazole rings is 1. The fourth-order valence-corrected chi connectivity index (χ4v) is 3.20. The van der Waals surface area contributed by atoms with Crippen molar-refractivity contribution in [2.45, 2.75) is 13.5 Å². The molecule has 0 aliphatic rings. The van der Waals surface area contributed by atoms with Gasteiger partial charge in [-0.25, -0.2) is 4.98 Å². The van der Waals surface area contributed by atoms with Crippen molar-refractivity contribution in [1.29, 1.82) is 0 Å². The molecule has 0 aliphatic carbocycles. The zero-order chi connectivity index (χ0) is 12.4. The molecule has 0 fully saturated rings. The highest BCUT2D eigenvalue weighted by atomic mass is 35.5. The average molecular weight is 287 g/mol. The van der Waals surface area contributed by atoms with E-state index >= 15 is 0 Å². The average Bonchev–Trinajstić information content (AvgIpc) is 2.60. The van der Waals surface area contributed by atoms with Gasteiger partial charge in [0, 0.05) is 22.0 Å². The van der Waals surface area contributed by atoms with Crippen molar-refractivity contribution < 1.29 is 0 Å². The molecule has 1 N–H and O–H groups in total. The summed E-state index contributed by atoms with van der Waals surface area (Å²) in [5.41, 5.74) is 1.98. The highest BCUT2D eigenvalue weighted by molar-refractivity contribution is 7.15. The highest BCUT2D eigenvalue weighted by Crippen LogP contribution is 2.34. The van der Waals surface area contributed by atoms with E-state index in [1.165, 1.54) is 4.88 Å². The van der Waals surface area contributed by atoms with E-state index in [2.05, 4.69) is 10.3 Å². The molecule has 2 nitrogen and oxygen atoms in total. The molecule has 2 rings (SSSR count). The third-order valence-electron chi connectivity index (χ3n) is 2.39. The molecule has 0 aliphatic heterocycles. The predicted molar refractivity (Wildman–Crippen MR) is 75.1 cm³/mol. The summed E-state index contributed by atoms with van der Waals surface area (Å²) in [4.78, 5) is 5.77. The number of hydrogen-bond donors (Lipinski definition) is 1. The van der Waals surface area contributed by atoms with Crippen LogP contribution in [0.15, 0.2) is 18.2 Å². The van der Waals surface area contributed by atoms with Gasteiger partial charge in [-0.15, -0.1) is 11.3 Å². The van der Waals surface area contributed by atoms with Crippen LogP contribution < -0.4 is 5.32 Å².